The Labute approximate surface area is 222 Å². The lowest BCUT2D eigenvalue weighted by atomic mass is 10.1. The highest BCUT2D eigenvalue weighted by atomic mass is 32.2. The second-order valence-electron chi connectivity index (χ2n) is 9.27. The minimum absolute atomic E-state index is 0.0327. The zero-order valence-electron chi connectivity index (χ0n) is 21.9. The van der Waals surface area contributed by atoms with Crippen LogP contribution in [-0.4, -0.2) is 73.1 Å². The Kier molecular flexibility index (Phi) is 9.00. The molecular formula is C28H35N3O5S. The molecule has 37 heavy (non-hydrogen) atoms. The number of methoxy groups -OCH3 is 2. The molecule has 1 saturated heterocycles. The summed E-state index contributed by atoms with van der Waals surface area (Å²) in [5.74, 6) is 1.70. The van der Waals surface area contributed by atoms with Gasteiger partial charge in [-0.2, -0.15) is 0 Å². The van der Waals surface area contributed by atoms with Crippen molar-refractivity contribution in [2.75, 3.05) is 39.6 Å². The molecule has 0 saturated carbocycles. The largest absolute Gasteiger partial charge is 0.493 e. The number of carbonyl (C=O) groups excluding carboxylic acids is 2. The number of ether oxygens (including phenoxy) is 3. The van der Waals surface area contributed by atoms with Gasteiger partial charge in [-0.3, -0.25) is 9.59 Å². The van der Waals surface area contributed by atoms with Gasteiger partial charge in [0.25, 0.3) is 0 Å². The SMILES string of the molecule is COc1ccc(CCNC(=O)CSc2cn(CC(=O)N3C[C@@H](C)O[C@H](C)C3)c3ccccc23)cc1OC. The van der Waals surface area contributed by atoms with E-state index >= 15 is 0 Å². The predicted octanol–water partition coefficient (Wildman–Crippen LogP) is 3.75. The average molecular weight is 526 g/mol. The molecule has 1 aliphatic heterocycles. The van der Waals surface area contributed by atoms with E-state index in [1.165, 1.54) is 11.8 Å². The molecule has 0 unspecified atom stereocenters. The summed E-state index contributed by atoms with van der Waals surface area (Å²) < 4.78 is 18.4. The van der Waals surface area contributed by atoms with Crippen LogP contribution in [0, 0.1) is 0 Å². The van der Waals surface area contributed by atoms with Crippen molar-refractivity contribution >= 4 is 34.5 Å². The van der Waals surface area contributed by atoms with Crippen LogP contribution < -0.4 is 14.8 Å². The lowest BCUT2D eigenvalue weighted by Gasteiger charge is -2.35. The van der Waals surface area contributed by atoms with Crippen molar-refractivity contribution in [1.29, 1.82) is 0 Å². The molecule has 0 bridgehead atoms. The molecule has 1 aromatic heterocycles. The standard InChI is InChI=1S/C28H35N3O5S/c1-19-14-31(15-20(2)36-19)28(33)17-30-16-26(22-7-5-6-8-23(22)30)37-18-27(32)29-12-11-21-9-10-24(34-3)25(13-21)35-4/h5-10,13,16,19-20H,11-12,14-15,17-18H2,1-4H3,(H,29,32)/t19-,20-/m1/s1. The summed E-state index contributed by atoms with van der Waals surface area (Å²) in [6, 6.07) is 13.8. The van der Waals surface area contributed by atoms with Crippen molar-refractivity contribution in [3.63, 3.8) is 0 Å². The van der Waals surface area contributed by atoms with Crippen LogP contribution in [0.2, 0.25) is 0 Å². The van der Waals surface area contributed by atoms with Gasteiger partial charge in [0.05, 0.1) is 32.2 Å². The van der Waals surface area contributed by atoms with E-state index in [9.17, 15) is 9.59 Å². The van der Waals surface area contributed by atoms with Gasteiger partial charge in [0.15, 0.2) is 11.5 Å². The molecule has 0 radical (unpaired) electrons. The van der Waals surface area contributed by atoms with E-state index in [1.54, 1.807) is 14.2 Å². The number of hydrogen-bond acceptors (Lipinski definition) is 6. The van der Waals surface area contributed by atoms with E-state index in [0.29, 0.717) is 43.3 Å². The summed E-state index contributed by atoms with van der Waals surface area (Å²) in [5.41, 5.74) is 2.05. The number of nitrogens with one attached hydrogen (secondary N) is 1. The van der Waals surface area contributed by atoms with Crippen molar-refractivity contribution in [1.82, 2.24) is 14.8 Å². The predicted molar refractivity (Wildman–Crippen MR) is 146 cm³/mol. The first-order valence-corrected chi connectivity index (χ1v) is 13.5. The first-order chi connectivity index (χ1) is 17.9. The van der Waals surface area contributed by atoms with Crippen molar-refractivity contribution in [2.24, 2.45) is 0 Å². The van der Waals surface area contributed by atoms with Gasteiger partial charge in [-0.1, -0.05) is 24.3 Å². The van der Waals surface area contributed by atoms with Gasteiger partial charge in [0.2, 0.25) is 11.8 Å². The normalized spacial score (nSPS) is 17.6. The number of thioether (sulfide) groups is 1. The molecule has 0 aliphatic carbocycles. The molecule has 2 heterocycles. The Hall–Kier alpha value is -3.17. The van der Waals surface area contributed by atoms with Crippen LogP contribution in [0.4, 0.5) is 0 Å². The summed E-state index contributed by atoms with van der Waals surface area (Å²) >= 11 is 1.49. The Morgan fingerprint density at radius 1 is 1.05 bits per heavy atom. The fourth-order valence-electron chi connectivity index (χ4n) is 4.66. The number of fused-ring (bicyclic) bond motifs is 1. The summed E-state index contributed by atoms with van der Waals surface area (Å²) in [5, 5.41) is 4.04. The molecule has 8 nitrogen and oxygen atoms in total. The van der Waals surface area contributed by atoms with Crippen molar-refractivity contribution in [3.05, 3.63) is 54.2 Å². The molecule has 1 N–H and O–H groups in total. The highest BCUT2D eigenvalue weighted by molar-refractivity contribution is 8.00. The van der Waals surface area contributed by atoms with E-state index in [2.05, 4.69) is 5.32 Å². The number of benzene rings is 2. The van der Waals surface area contributed by atoms with E-state index in [-0.39, 0.29) is 30.6 Å². The summed E-state index contributed by atoms with van der Waals surface area (Å²) in [7, 11) is 3.22. The number of rotatable bonds is 10. The van der Waals surface area contributed by atoms with Crippen LogP contribution in [0.3, 0.4) is 0 Å². The Balaban J connectivity index is 1.33. The highest BCUT2D eigenvalue weighted by Gasteiger charge is 2.26. The van der Waals surface area contributed by atoms with Crippen molar-refractivity contribution < 1.29 is 23.8 Å². The Morgan fingerprint density at radius 2 is 1.78 bits per heavy atom. The first kappa shape index (κ1) is 26.9. The maximum atomic E-state index is 13.1. The second-order valence-corrected chi connectivity index (χ2v) is 10.3. The zero-order valence-corrected chi connectivity index (χ0v) is 22.7. The Bertz CT molecular complexity index is 1230. The second kappa shape index (κ2) is 12.4. The summed E-state index contributed by atoms with van der Waals surface area (Å²) in [6.07, 6.45) is 2.74. The third-order valence-electron chi connectivity index (χ3n) is 6.37. The lowest BCUT2D eigenvalue weighted by molar-refractivity contribution is -0.143. The van der Waals surface area contributed by atoms with Gasteiger partial charge < -0.3 is 29.0 Å². The van der Waals surface area contributed by atoms with Gasteiger partial charge in [-0.15, -0.1) is 11.8 Å². The number of hydrogen-bond donors (Lipinski definition) is 1. The molecule has 3 aromatic rings. The number of aromatic nitrogens is 1. The number of nitrogens with zero attached hydrogens (tertiary/aromatic N) is 2. The third-order valence-corrected chi connectivity index (χ3v) is 7.42. The number of morpholine rings is 1. The summed E-state index contributed by atoms with van der Waals surface area (Å²) in [6.45, 7) is 5.99. The van der Waals surface area contributed by atoms with Crippen LogP contribution in [0.15, 0.2) is 53.6 Å². The topological polar surface area (TPSA) is 82.0 Å². The molecule has 0 spiro atoms. The first-order valence-electron chi connectivity index (χ1n) is 12.5. The van der Waals surface area contributed by atoms with Gasteiger partial charge in [-0.25, -0.2) is 0 Å². The van der Waals surface area contributed by atoms with E-state index in [4.69, 9.17) is 14.2 Å². The monoisotopic (exact) mass is 525 g/mol. The van der Waals surface area contributed by atoms with Crippen LogP contribution in [0.1, 0.15) is 19.4 Å². The van der Waals surface area contributed by atoms with Crippen LogP contribution >= 0.6 is 11.8 Å². The van der Waals surface area contributed by atoms with Gasteiger partial charge in [0.1, 0.15) is 6.54 Å². The maximum absolute atomic E-state index is 13.1. The smallest absolute Gasteiger partial charge is 0.242 e. The quantitative estimate of drug-likeness (QED) is 0.406. The van der Waals surface area contributed by atoms with Gasteiger partial charge >= 0.3 is 0 Å². The molecular weight excluding hydrogens is 490 g/mol. The van der Waals surface area contributed by atoms with Crippen molar-refractivity contribution in [3.8, 4) is 11.5 Å². The molecule has 2 aromatic carbocycles. The van der Waals surface area contributed by atoms with E-state index < -0.39 is 0 Å². The molecule has 2 atom stereocenters. The van der Waals surface area contributed by atoms with E-state index in [0.717, 1.165) is 21.4 Å². The van der Waals surface area contributed by atoms with Crippen LogP contribution in [0.5, 0.6) is 11.5 Å². The third kappa shape index (κ3) is 6.78. The number of carbonyl (C=O) groups is 2. The molecule has 1 aliphatic rings. The van der Waals surface area contributed by atoms with E-state index in [1.807, 2.05) is 72.0 Å². The van der Waals surface area contributed by atoms with Crippen molar-refractivity contribution in [2.45, 2.75) is 43.9 Å². The van der Waals surface area contributed by atoms with Gasteiger partial charge in [-0.05, 0) is 44.0 Å². The fourth-order valence-corrected chi connectivity index (χ4v) is 5.58. The number of amides is 2. The minimum atomic E-state index is -0.0327. The molecule has 4 rings (SSSR count). The average Bonchev–Trinajstić information content (AvgIpc) is 3.24. The molecule has 9 heteroatoms. The zero-order chi connectivity index (χ0) is 26.4. The lowest BCUT2D eigenvalue weighted by Crippen LogP contribution is -2.49. The Morgan fingerprint density at radius 3 is 2.51 bits per heavy atom. The molecule has 198 valence electrons. The van der Waals surface area contributed by atoms with Crippen LogP contribution in [0.25, 0.3) is 10.9 Å². The van der Waals surface area contributed by atoms with Gasteiger partial charge in [0, 0.05) is 41.6 Å². The maximum Gasteiger partial charge on any atom is 0.242 e. The molecule has 1 fully saturated rings. The fraction of sp³-hybridized carbons (Fsp3) is 0.429. The highest BCUT2D eigenvalue weighted by Crippen LogP contribution is 2.30. The minimum Gasteiger partial charge on any atom is -0.493 e. The van der Waals surface area contributed by atoms with Crippen LogP contribution in [-0.2, 0) is 27.3 Å². The molecule has 2 amide bonds. The number of para-hydroxylation sites is 1. The summed E-state index contributed by atoms with van der Waals surface area (Å²) in [4.78, 5) is 28.5.